The molecule has 3 aromatic rings. The van der Waals surface area contributed by atoms with Crippen molar-refractivity contribution in [2.45, 2.75) is 19.3 Å². The first-order valence-corrected chi connectivity index (χ1v) is 9.70. The molecule has 1 aromatic heterocycles. The molecule has 29 heavy (non-hydrogen) atoms. The van der Waals surface area contributed by atoms with Crippen LogP contribution in [0.25, 0.3) is 22.0 Å². The fraction of sp³-hybridized carbons (Fsp3) is 0.304. The summed E-state index contributed by atoms with van der Waals surface area (Å²) in [5, 5.41) is 3.95. The fourth-order valence-electron chi connectivity index (χ4n) is 3.99. The molecule has 6 heteroatoms. The first kappa shape index (κ1) is 21.1. The van der Waals surface area contributed by atoms with Gasteiger partial charge in [0.2, 0.25) is 0 Å². The summed E-state index contributed by atoms with van der Waals surface area (Å²) in [6.45, 7) is 1.90. The van der Waals surface area contributed by atoms with Crippen molar-refractivity contribution < 1.29 is 9.53 Å². The second-order valence-corrected chi connectivity index (χ2v) is 7.32. The molecule has 1 saturated heterocycles. The summed E-state index contributed by atoms with van der Waals surface area (Å²) in [6.07, 6.45) is 2.61. The van der Waals surface area contributed by atoms with Gasteiger partial charge in [0.1, 0.15) is 5.69 Å². The number of aromatic nitrogens is 1. The lowest BCUT2D eigenvalue weighted by Crippen LogP contribution is -2.30. The van der Waals surface area contributed by atoms with E-state index in [4.69, 9.17) is 4.74 Å². The van der Waals surface area contributed by atoms with Crippen LogP contribution in [0.5, 0.6) is 0 Å². The molecule has 0 radical (unpaired) electrons. The Kier molecular flexibility index (Phi) is 6.72. The second-order valence-electron chi connectivity index (χ2n) is 7.32. The van der Waals surface area contributed by atoms with Crippen LogP contribution in [0.15, 0.2) is 53.3 Å². The van der Waals surface area contributed by atoms with Gasteiger partial charge in [-0.05, 0) is 61.5 Å². The van der Waals surface area contributed by atoms with Crippen LogP contribution in [0.1, 0.15) is 28.9 Å². The highest BCUT2D eigenvalue weighted by Crippen LogP contribution is 2.25. The average molecular weight is 413 g/mol. The number of carbonyl (C=O) groups is 1. The van der Waals surface area contributed by atoms with Crippen LogP contribution in [0.2, 0.25) is 0 Å². The van der Waals surface area contributed by atoms with Crippen molar-refractivity contribution in [3.63, 3.8) is 0 Å². The molecule has 0 aliphatic carbocycles. The number of hydrogen-bond acceptors (Lipinski definition) is 4. The number of pyridine rings is 1. The van der Waals surface area contributed by atoms with Crippen molar-refractivity contribution in [2.24, 2.45) is 5.92 Å². The van der Waals surface area contributed by atoms with Crippen LogP contribution in [-0.2, 0) is 11.2 Å². The molecule has 2 aromatic carbocycles. The van der Waals surface area contributed by atoms with Crippen LogP contribution in [0.3, 0.4) is 0 Å². The standard InChI is InChI=1S/C23H24N2O3.ClH/c1-28-23(27)21-19(13-15-9-11-24-12-10-15)22(26)18-8-7-17(14-20(18)25-21)16-5-3-2-4-6-16;/h2-8,14-15,24H,9-13H2,1H3,(H,25,26);1H. The number of rotatable bonds is 4. The summed E-state index contributed by atoms with van der Waals surface area (Å²) in [6, 6.07) is 15.7. The number of ether oxygens (including phenoxy) is 1. The Morgan fingerprint density at radius 2 is 1.79 bits per heavy atom. The van der Waals surface area contributed by atoms with E-state index < -0.39 is 5.97 Å². The number of fused-ring (bicyclic) bond motifs is 1. The molecule has 5 nitrogen and oxygen atoms in total. The number of hydrogen-bond donors (Lipinski definition) is 2. The normalized spacial score (nSPS) is 14.4. The van der Waals surface area contributed by atoms with Gasteiger partial charge in [-0.25, -0.2) is 4.79 Å². The molecular weight excluding hydrogens is 388 g/mol. The summed E-state index contributed by atoms with van der Waals surface area (Å²) in [5.41, 5.74) is 3.45. The van der Waals surface area contributed by atoms with E-state index in [0.717, 1.165) is 37.1 Å². The number of esters is 1. The number of nitrogens with one attached hydrogen (secondary N) is 2. The summed E-state index contributed by atoms with van der Waals surface area (Å²) in [5.74, 6) is -0.0974. The van der Waals surface area contributed by atoms with Gasteiger partial charge in [0.15, 0.2) is 5.43 Å². The Morgan fingerprint density at radius 3 is 2.48 bits per heavy atom. The number of methoxy groups -OCH3 is 1. The maximum absolute atomic E-state index is 13.2. The van der Waals surface area contributed by atoms with E-state index in [9.17, 15) is 9.59 Å². The Labute approximate surface area is 175 Å². The molecule has 0 amide bonds. The van der Waals surface area contributed by atoms with E-state index in [-0.39, 0.29) is 23.5 Å². The molecule has 0 saturated carbocycles. The van der Waals surface area contributed by atoms with Crippen molar-refractivity contribution in [3.05, 3.63) is 70.0 Å². The number of benzene rings is 2. The molecule has 4 rings (SSSR count). The van der Waals surface area contributed by atoms with Crippen molar-refractivity contribution >= 4 is 29.3 Å². The van der Waals surface area contributed by atoms with Gasteiger partial charge in [0.25, 0.3) is 0 Å². The van der Waals surface area contributed by atoms with Crippen LogP contribution in [0.4, 0.5) is 0 Å². The molecule has 0 spiro atoms. The molecule has 1 aliphatic heterocycles. The second kappa shape index (κ2) is 9.25. The minimum absolute atomic E-state index is 0. The summed E-state index contributed by atoms with van der Waals surface area (Å²) in [4.78, 5) is 28.9. The first-order chi connectivity index (χ1) is 13.7. The van der Waals surface area contributed by atoms with Gasteiger partial charge in [0.05, 0.1) is 12.6 Å². The third kappa shape index (κ3) is 4.36. The van der Waals surface area contributed by atoms with Gasteiger partial charge < -0.3 is 15.0 Å². The van der Waals surface area contributed by atoms with E-state index in [1.807, 2.05) is 48.5 Å². The Morgan fingerprint density at radius 1 is 1.07 bits per heavy atom. The van der Waals surface area contributed by atoms with Crippen molar-refractivity contribution in [1.82, 2.24) is 10.3 Å². The summed E-state index contributed by atoms with van der Waals surface area (Å²) in [7, 11) is 1.35. The highest BCUT2D eigenvalue weighted by atomic mass is 35.5. The van der Waals surface area contributed by atoms with Crippen LogP contribution in [-0.4, -0.2) is 31.2 Å². The summed E-state index contributed by atoms with van der Waals surface area (Å²) < 4.78 is 4.96. The van der Waals surface area contributed by atoms with Crippen molar-refractivity contribution in [2.75, 3.05) is 20.2 Å². The van der Waals surface area contributed by atoms with E-state index in [1.54, 1.807) is 0 Å². The van der Waals surface area contributed by atoms with E-state index >= 15 is 0 Å². The smallest absolute Gasteiger partial charge is 0.354 e. The van der Waals surface area contributed by atoms with Crippen LogP contribution < -0.4 is 10.7 Å². The van der Waals surface area contributed by atoms with Gasteiger partial charge in [-0.15, -0.1) is 12.4 Å². The third-order valence-electron chi connectivity index (χ3n) is 5.55. The van der Waals surface area contributed by atoms with Crippen molar-refractivity contribution in [3.8, 4) is 11.1 Å². The topological polar surface area (TPSA) is 71.2 Å². The third-order valence-corrected chi connectivity index (χ3v) is 5.55. The molecule has 0 unspecified atom stereocenters. The largest absolute Gasteiger partial charge is 0.464 e. The Balaban J connectivity index is 0.00000240. The van der Waals surface area contributed by atoms with Gasteiger partial charge in [-0.3, -0.25) is 4.79 Å². The van der Waals surface area contributed by atoms with Gasteiger partial charge in [-0.2, -0.15) is 0 Å². The molecular formula is C23H25ClN2O3. The quantitative estimate of drug-likeness (QED) is 0.636. The lowest BCUT2D eigenvalue weighted by Gasteiger charge is -2.23. The predicted molar refractivity (Wildman–Crippen MR) is 118 cm³/mol. The maximum Gasteiger partial charge on any atom is 0.354 e. The van der Waals surface area contributed by atoms with Gasteiger partial charge >= 0.3 is 5.97 Å². The zero-order chi connectivity index (χ0) is 19.5. The number of piperidine rings is 1. The van der Waals surface area contributed by atoms with Gasteiger partial charge in [-0.1, -0.05) is 36.4 Å². The molecule has 2 N–H and O–H groups in total. The molecule has 1 aliphatic rings. The minimum atomic E-state index is -0.493. The number of halogens is 1. The number of aromatic amines is 1. The Bertz CT molecular complexity index is 1060. The SMILES string of the molecule is COC(=O)c1[nH]c2cc(-c3ccccc3)ccc2c(=O)c1CC1CCNCC1.Cl. The lowest BCUT2D eigenvalue weighted by atomic mass is 9.89. The molecule has 1 fully saturated rings. The highest BCUT2D eigenvalue weighted by molar-refractivity contribution is 5.94. The van der Waals surface area contributed by atoms with Gasteiger partial charge in [0, 0.05) is 10.9 Å². The van der Waals surface area contributed by atoms with Crippen LogP contribution >= 0.6 is 12.4 Å². The molecule has 0 bridgehead atoms. The first-order valence-electron chi connectivity index (χ1n) is 9.70. The van der Waals surface area contributed by atoms with Crippen LogP contribution in [0, 0.1) is 5.92 Å². The predicted octanol–water partition coefficient (Wildman–Crippen LogP) is 3.95. The molecule has 152 valence electrons. The Hall–Kier alpha value is -2.63. The summed E-state index contributed by atoms with van der Waals surface area (Å²) >= 11 is 0. The van der Waals surface area contributed by atoms with E-state index in [2.05, 4.69) is 10.3 Å². The highest BCUT2D eigenvalue weighted by Gasteiger charge is 2.23. The number of H-pyrrole nitrogens is 1. The van der Waals surface area contributed by atoms with E-state index in [1.165, 1.54) is 7.11 Å². The number of carbonyl (C=O) groups excluding carboxylic acids is 1. The van der Waals surface area contributed by atoms with Crippen molar-refractivity contribution in [1.29, 1.82) is 0 Å². The average Bonchev–Trinajstić information content (AvgIpc) is 2.76. The zero-order valence-electron chi connectivity index (χ0n) is 16.4. The zero-order valence-corrected chi connectivity index (χ0v) is 17.2. The minimum Gasteiger partial charge on any atom is -0.464 e. The molecule has 2 heterocycles. The van der Waals surface area contributed by atoms with E-state index in [0.29, 0.717) is 28.8 Å². The lowest BCUT2D eigenvalue weighted by molar-refractivity contribution is 0.0592. The maximum atomic E-state index is 13.2. The fourth-order valence-corrected chi connectivity index (χ4v) is 3.99. The molecule has 0 atom stereocenters. The monoisotopic (exact) mass is 412 g/mol.